The first-order chi connectivity index (χ1) is 8.32. The fourth-order valence-electron chi connectivity index (χ4n) is 2.09. The third kappa shape index (κ3) is 3.08. The van der Waals surface area contributed by atoms with Crippen molar-refractivity contribution in [1.29, 1.82) is 0 Å². The average molecular weight is 309 g/mol. The molecule has 0 radical (unpaired) electrons. The molecule has 0 amide bonds. The summed E-state index contributed by atoms with van der Waals surface area (Å²) in [4.78, 5) is -0.260. The van der Waals surface area contributed by atoms with Gasteiger partial charge in [-0.1, -0.05) is 13.0 Å². The standard InChI is InChI=1S/C12H17FN2O2S.ClH/c1-8-3-4-10(13)12(5-8)18(16,17)15-6-9(2)11(14)7-15;/h3-5,9,11H,6-7,14H2,1-2H3;1H. The molecule has 2 atom stereocenters. The van der Waals surface area contributed by atoms with E-state index in [-0.39, 0.29) is 35.8 Å². The number of rotatable bonds is 2. The smallest absolute Gasteiger partial charge is 0.246 e. The van der Waals surface area contributed by atoms with Gasteiger partial charge in [0, 0.05) is 19.1 Å². The van der Waals surface area contributed by atoms with Gasteiger partial charge in [0.25, 0.3) is 0 Å². The molecule has 19 heavy (non-hydrogen) atoms. The number of benzene rings is 1. The molecule has 2 rings (SSSR count). The molecule has 4 nitrogen and oxygen atoms in total. The van der Waals surface area contributed by atoms with Gasteiger partial charge in [-0.2, -0.15) is 4.31 Å². The first kappa shape index (κ1) is 16.4. The van der Waals surface area contributed by atoms with Gasteiger partial charge in [-0.15, -0.1) is 12.4 Å². The molecule has 0 aliphatic carbocycles. The molecule has 1 fully saturated rings. The summed E-state index contributed by atoms with van der Waals surface area (Å²) >= 11 is 0. The van der Waals surface area contributed by atoms with Crippen molar-refractivity contribution >= 4 is 22.4 Å². The molecule has 1 aromatic carbocycles. The normalized spacial score (nSPS) is 24.2. The van der Waals surface area contributed by atoms with Crippen molar-refractivity contribution in [2.24, 2.45) is 11.7 Å². The topological polar surface area (TPSA) is 63.4 Å². The lowest BCUT2D eigenvalue weighted by atomic mass is 10.1. The van der Waals surface area contributed by atoms with Crippen LogP contribution in [0.4, 0.5) is 4.39 Å². The molecule has 1 aliphatic heterocycles. The summed E-state index contributed by atoms with van der Waals surface area (Å²) < 4.78 is 39.6. The number of aryl methyl sites for hydroxylation is 1. The summed E-state index contributed by atoms with van der Waals surface area (Å²) in [6.45, 7) is 4.22. The molecule has 0 bridgehead atoms. The zero-order chi connectivity index (χ0) is 13.5. The van der Waals surface area contributed by atoms with Gasteiger partial charge < -0.3 is 5.73 Å². The van der Waals surface area contributed by atoms with Crippen LogP contribution in [0.15, 0.2) is 23.1 Å². The number of nitrogens with zero attached hydrogens (tertiary/aromatic N) is 1. The van der Waals surface area contributed by atoms with E-state index in [1.807, 2.05) is 6.92 Å². The van der Waals surface area contributed by atoms with E-state index in [0.717, 1.165) is 0 Å². The maximum absolute atomic E-state index is 13.7. The van der Waals surface area contributed by atoms with Crippen LogP contribution in [0.5, 0.6) is 0 Å². The van der Waals surface area contributed by atoms with Gasteiger partial charge in [0.1, 0.15) is 10.7 Å². The molecule has 0 aromatic heterocycles. The van der Waals surface area contributed by atoms with Crippen molar-refractivity contribution < 1.29 is 12.8 Å². The average Bonchev–Trinajstić information content (AvgIpc) is 2.63. The van der Waals surface area contributed by atoms with Gasteiger partial charge in [0.15, 0.2) is 0 Å². The zero-order valence-corrected chi connectivity index (χ0v) is 12.5. The summed E-state index contributed by atoms with van der Waals surface area (Å²) in [5.74, 6) is -0.624. The fourth-order valence-corrected chi connectivity index (χ4v) is 3.82. The number of hydrogen-bond acceptors (Lipinski definition) is 3. The predicted octanol–water partition coefficient (Wildman–Crippen LogP) is 1.52. The van der Waals surface area contributed by atoms with E-state index in [1.54, 1.807) is 13.0 Å². The number of halogens is 2. The fraction of sp³-hybridized carbons (Fsp3) is 0.500. The van der Waals surface area contributed by atoms with Crippen LogP contribution in [0, 0.1) is 18.7 Å². The van der Waals surface area contributed by atoms with Crippen LogP contribution in [0.2, 0.25) is 0 Å². The second-order valence-electron chi connectivity index (χ2n) is 4.90. The summed E-state index contributed by atoms with van der Waals surface area (Å²) in [7, 11) is -3.78. The molecule has 0 saturated carbocycles. The van der Waals surface area contributed by atoms with E-state index in [9.17, 15) is 12.8 Å². The molecule has 1 heterocycles. The van der Waals surface area contributed by atoms with Crippen LogP contribution in [-0.4, -0.2) is 31.9 Å². The second-order valence-corrected chi connectivity index (χ2v) is 6.80. The Balaban J connectivity index is 0.00000180. The summed E-state index contributed by atoms with van der Waals surface area (Å²) in [5, 5.41) is 0. The summed E-state index contributed by atoms with van der Waals surface area (Å²) in [6.07, 6.45) is 0. The SMILES string of the molecule is Cc1ccc(F)c(S(=O)(=O)N2CC(C)C(N)C2)c1.Cl. The van der Waals surface area contributed by atoms with Crippen LogP contribution >= 0.6 is 12.4 Å². The number of hydrogen-bond donors (Lipinski definition) is 1. The quantitative estimate of drug-likeness (QED) is 0.901. The largest absolute Gasteiger partial charge is 0.326 e. The molecule has 0 spiro atoms. The monoisotopic (exact) mass is 308 g/mol. The van der Waals surface area contributed by atoms with Gasteiger partial charge >= 0.3 is 0 Å². The number of nitrogens with two attached hydrogens (primary N) is 1. The van der Waals surface area contributed by atoms with Gasteiger partial charge in [0.2, 0.25) is 10.0 Å². The highest BCUT2D eigenvalue weighted by atomic mass is 35.5. The molecule has 2 unspecified atom stereocenters. The Morgan fingerprint density at radius 2 is 2.00 bits per heavy atom. The minimum absolute atomic E-state index is 0. The van der Waals surface area contributed by atoms with Gasteiger partial charge in [0.05, 0.1) is 0 Å². The molecular formula is C12H18ClFN2O2S. The lowest BCUT2D eigenvalue weighted by molar-refractivity contribution is 0.457. The summed E-state index contributed by atoms with van der Waals surface area (Å²) in [6, 6.07) is 3.90. The molecule has 108 valence electrons. The van der Waals surface area contributed by atoms with Crippen molar-refractivity contribution in [3.8, 4) is 0 Å². The Kier molecular flexibility index (Phi) is 4.95. The minimum Gasteiger partial charge on any atom is -0.326 e. The van der Waals surface area contributed by atoms with Gasteiger partial charge in [-0.05, 0) is 30.5 Å². The van der Waals surface area contributed by atoms with Crippen LogP contribution in [0.25, 0.3) is 0 Å². The van der Waals surface area contributed by atoms with Crippen LogP contribution < -0.4 is 5.73 Å². The Labute approximate surface area is 119 Å². The Bertz CT molecular complexity index is 555. The lowest BCUT2D eigenvalue weighted by Gasteiger charge is -2.16. The second kappa shape index (κ2) is 5.75. The molecular weight excluding hydrogens is 291 g/mol. The lowest BCUT2D eigenvalue weighted by Crippen LogP contribution is -2.32. The molecule has 7 heteroatoms. The van der Waals surface area contributed by atoms with E-state index in [0.29, 0.717) is 12.1 Å². The van der Waals surface area contributed by atoms with E-state index in [4.69, 9.17) is 5.73 Å². The van der Waals surface area contributed by atoms with Crippen LogP contribution in [0.3, 0.4) is 0 Å². The number of sulfonamides is 1. The van der Waals surface area contributed by atoms with Crippen molar-refractivity contribution in [1.82, 2.24) is 4.31 Å². The van der Waals surface area contributed by atoms with E-state index in [1.165, 1.54) is 16.4 Å². The van der Waals surface area contributed by atoms with E-state index < -0.39 is 15.8 Å². The van der Waals surface area contributed by atoms with E-state index in [2.05, 4.69) is 0 Å². The first-order valence-corrected chi connectivity index (χ1v) is 7.28. The third-order valence-electron chi connectivity index (χ3n) is 3.34. The van der Waals surface area contributed by atoms with Gasteiger partial charge in [-0.25, -0.2) is 12.8 Å². The van der Waals surface area contributed by atoms with Crippen LogP contribution in [-0.2, 0) is 10.0 Å². The highest BCUT2D eigenvalue weighted by Gasteiger charge is 2.36. The van der Waals surface area contributed by atoms with Crippen molar-refractivity contribution in [2.45, 2.75) is 24.8 Å². The van der Waals surface area contributed by atoms with Crippen molar-refractivity contribution in [3.05, 3.63) is 29.6 Å². The Hall–Kier alpha value is -0.690. The van der Waals surface area contributed by atoms with Crippen molar-refractivity contribution in [2.75, 3.05) is 13.1 Å². The zero-order valence-electron chi connectivity index (χ0n) is 10.8. The maximum atomic E-state index is 13.7. The molecule has 1 aliphatic rings. The Morgan fingerprint density at radius 3 is 2.53 bits per heavy atom. The van der Waals surface area contributed by atoms with Crippen molar-refractivity contribution in [3.63, 3.8) is 0 Å². The highest BCUT2D eigenvalue weighted by molar-refractivity contribution is 7.89. The predicted molar refractivity (Wildman–Crippen MR) is 74.3 cm³/mol. The Morgan fingerprint density at radius 1 is 1.37 bits per heavy atom. The van der Waals surface area contributed by atoms with E-state index >= 15 is 0 Å². The minimum atomic E-state index is -3.78. The molecule has 1 aromatic rings. The maximum Gasteiger partial charge on any atom is 0.246 e. The highest BCUT2D eigenvalue weighted by Crippen LogP contribution is 2.25. The third-order valence-corrected chi connectivity index (χ3v) is 5.19. The molecule has 2 N–H and O–H groups in total. The van der Waals surface area contributed by atoms with Crippen LogP contribution in [0.1, 0.15) is 12.5 Å². The molecule has 1 saturated heterocycles. The first-order valence-electron chi connectivity index (χ1n) is 5.84. The summed E-state index contributed by atoms with van der Waals surface area (Å²) in [5.41, 5.74) is 6.53. The van der Waals surface area contributed by atoms with Gasteiger partial charge in [-0.3, -0.25) is 0 Å².